The Morgan fingerprint density at radius 1 is 1.06 bits per heavy atom. The first-order chi connectivity index (χ1) is 8.76. The van der Waals surface area contributed by atoms with Gasteiger partial charge in [-0.15, -0.1) is 5.10 Å². The lowest BCUT2D eigenvalue weighted by molar-refractivity contribution is 0.390. The minimum absolute atomic E-state index is 0.579. The second-order valence-corrected chi connectivity index (χ2v) is 4.17. The van der Waals surface area contributed by atoms with E-state index >= 15 is 0 Å². The smallest absolute Gasteiger partial charge is 0.231 e. The van der Waals surface area contributed by atoms with Crippen molar-refractivity contribution in [2.24, 2.45) is 0 Å². The zero-order valence-electron chi connectivity index (χ0n) is 10.3. The molecule has 0 aliphatic carbocycles. The molecule has 0 saturated carbocycles. The van der Waals surface area contributed by atoms with Crippen LogP contribution >= 0.6 is 0 Å². The molecule has 0 aliphatic heterocycles. The summed E-state index contributed by atoms with van der Waals surface area (Å²) in [7, 11) is 1.60. The Morgan fingerprint density at radius 2 is 1.83 bits per heavy atom. The first-order valence-corrected chi connectivity index (χ1v) is 5.74. The van der Waals surface area contributed by atoms with Gasteiger partial charge in [-0.3, -0.25) is 0 Å². The van der Waals surface area contributed by atoms with Crippen LogP contribution in [0.1, 0.15) is 5.56 Å². The summed E-state index contributed by atoms with van der Waals surface area (Å²) in [6.45, 7) is 2.07. The molecule has 4 heteroatoms. The third kappa shape index (κ3) is 1.82. The van der Waals surface area contributed by atoms with Crippen LogP contribution < -0.4 is 4.74 Å². The van der Waals surface area contributed by atoms with Crippen LogP contribution in [0.2, 0.25) is 0 Å². The van der Waals surface area contributed by atoms with Gasteiger partial charge in [0, 0.05) is 11.6 Å². The lowest BCUT2D eigenvalue weighted by Gasteiger charge is -1.97. The summed E-state index contributed by atoms with van der Waals surface area (Å²) in [5, 5.41) is 4.29. The predicted octanol–water partition coefficient (Wildman–Crippen LogP) is 2.71. The molecule has 0 spiro atoms. The number of rotatable bonds is 2. The molecule has 3 aromatic rings. The number of methoxy groups -OCH3 is 1. The Kier molecular flexibility index (Phi) is 2.48. The van der Waals surface area contributed by atoms with Crippen LogP contribution in [0, 0.1) is 6.92 Å². The highest BCUT2D eigenvalue weighted by molar-refractivity contribution is 5.62. The van der Waals surface area contributed by atoms with Crippen molar-refractivity contribution >= 4 is 5.65 Å². The summed E-state index contributed by atoms with van der Waals surface area (Å²) in [4.78, 5) is 4.53. The van der Waals surface area contributed by atoms with Gasteiger partial charge >= 0.3 is 0 Å². The fraction of sp³-hybridized carbons (Fsp3) is 0.143. The molecule has 0 unspecified atom stereocenters. The molecule has 1 aromatic carbocycles. The van der Waals surface area contributed by atoms with Crippen LogP contribution in [0.25, 0.3) is 16.9 Å². The molecule has 2 heterocycles. The highest BCUT2D eigenvalue weighted by Crippen LogP contribution is 2.19. The van der Waals surface area contributed by atoms with Gasteiger partial charge in [-0.1, -0.05) is 29.8 Å². The third-order valence-corrected chi connectivity index (χ3v) is 2.85. The topological polar surface area (TPSA) is 39.4 Å². The highest BCUT2D eigenvalue weighted by atomic mass is 16.5. The molecule has 0 aliphatic rings. The van der Waals surface area contributed by atoms with Crippen molar-refractivity contribution in [3.63, 3.8) is 0 Å². The Labute approximate surface area is 105 Å². The van der Waals surface area contributed by atoms with E-state index in [-0.39, 0.29) is 0 Å². The van der Waals surface area contributed by atoms with E-state index in [1.165, 1.54) is 5.56 Å². The van der Waals surface area contributed by atoms with E-state index in [0.29, 0.717) is 5.88 Å². The molecule has 90 valence electrons. The van der Waals surface area contributed by atoms with Gasteiger partial charge in [0.05, 0.1) is 19.0 Å². The van der Waals surface area contributed by atoms with Crippen LogP contribution in [-0.4, -0.2) is 21.7 Å². The van der Waals surface area contributed by atoms with Crippen molar-refractivity contribution in [3.8, 4) is 17.1 Å². The average Bonchev–Trinajstić information content (AvgIpc) is 2.82. The molecule has 0 radical (unpaired) electrons. The van der Waals surface area contributed by atoms with Crippen molar-refractivity contribution in [2.45, 2.75) is 6.92 Å². The van der Waals surface area contributed by atoms with Gasteiger partial charge in [0.2, 0.25) is 5.88 Å². The zero-order valence-corrected chi connectivity index (χ0v) is 10.3. The lowest BCUT2D eigenvalue weighted by atomic mass is 10.1. The summed E-state index contributed by atoms with van der Waals surface area (Å²) in [5.41, 5.74) is 4.05. The van der Waals surface area contributed by atoms with Gasteiger partial charge in [0.1, 0.15) is 0 Å². The van der Waals surface area contributed by atoms with Crippen molar-refractivity contribution in [1.82, 2.24) is 14.6 Å². The molecular weight excluding hydrogens is 226 g/mol. The molecular formula is C14H13N3O. The second kappa shape index (κ2) is 4.14. The second-order valence-electron chi connectivity index (χ2n) is 4.17. The predicted molar refractivity (Wildman–Crippen MR) is 69.7 cm³/mol. The van der Waals surface area contributed by atoms with E-state index in [1.54, 1.807) is 17.7 Å². The Bertz CT molecular complexity index is 686. The standard InChI is InChI=1S/C14H13N3O/c1-10-3-5-11(6-4-10)12-9-17-13(15-12)7-8-14(16-17)18-2/h3-9H,1-2H3. The highest BCUT2D eigenvalue weighted by Gasteiger charge is 2.05. The number of ether oxygens (including phenoxy) is 1. The molecule has 0 fully saturated rings. The maximum absolute atomic E-state index is 5.09. The minimum Gasteiger partial charge on any atom is -0.480 e. The van der Waals surface area contributed by atoms with Crippen molar-refractivity contribution < 1.29 is 4.74 Å². The number of fused-ring (bicyclic) bond motifs is 1. The van der Waals surface area contributed by atoms with Gasteiger partial charge < -0.3 is 4.74 Å². The van der Waals surface area contributed by atoms with Crippen LogP contribution in [0.5, 0.6) is 5.88 Å². The summed E-state index contributed by atoms with van der Waals surface area (Å²) >= 11 is 0. The minimum atomic E-state index is 0.579. The van der Waals surface area contributed by atoms with E-state index in [1.807, 2.05) is 12.3 Å². The Hall–Kier alpha value is -2.36. The summed E-state index contributed by atoms with van der Waals surface area (Å²) in [6, 6.07) is 12.0. The number of aryl methyl sites for hydroxylation is 1. The number of aromatic nitrogens is 3. The largest absolute Gasteiger partial charge is 0.480 e. The number of imidazole rings is 1. The number of benzene rings is 1. The van der Waals surface area contributed by atoms with Gasteiger partial charge in [-0.25, -0.2) is 9.50 Å². The van der Waals surface area contributed by atoms with Crippen LogP contribution in [0.3, 0.4) is 0 Å². The fourth-order valence-electron chi connectivity index (χ4n) is 1.84. The normalized spacial score (nSPS) is 10.8. The molecule has 0 bridgehead atoms. The van der Waals surface area contributed by atoms with E-state index in [2.05, 4.69) is 41.3 Å². The molecule has 4 nitrogen and oxygen atoms in total. The number of hydrogen-bond donors (Lipinski definition) is 0. The van der Waals surface area contributed by atoms with Crippen LogP contribution in [0.4, 0.5) is 0 Å². The Morgan fingerprint density at radius 3 is 2.56 bits per heavy atom. The SMILES string of the molecule is COc1ccc2nc(-c3ccc(C)cc3)cn2n1. The van der Waals surface area contributed by atoms with Gasteiger partial charge in [0.25, 0.3) is 0 Å². The summed E-state index contributed by atoms with van der Waals surface area (Å²) in [6.07, 6.45) is 1.91. The maximum Gasteiger partial charge on any atom is 0.231 e. The zero-order chi connectivity index (χ0) is 12.5. The van der Waals surface area contributed by atoms with E-state index in [0.717, 1.165) is 16.9 Å². The molecule has 2 aromatic heterocycles. The van der Waals surface area contributed by atoms with E-state index in [9.17, 15) is 0 Å². The molecule has 0 amide bonds. The van der Waals surface area contributed by atoms with Crippen LogP contribution in [-0.2, 0) is 0 Å². The first kappa shape index (κ1) is 10.8. The quantitative estimate of drug-likeness (QED) is 0.690. The molecule has 18 heavy (non-hydrogen) atoms. The lowest BCUT2D eigenvalue weighted by Crippen LogP contribution is -1.93. The number of hydrogen-bond acceptors (Lipinski definition) is 3. The van der Waals surface area contributed by atoms with Gasteiger partial charge in [-0.05, 0) is 13.0 Å². The summed E-state index contributed by atoms with van der Waals surface area (Å²) < 4.78 is 6.82. The number of nitrogens with zero attached hydrogens (tertiary/aromatic N) is 3. The monoisotopic (exact) mass is 239 g/mol. The molecule has 3 rings (SSSR count). The van der Waals surface area contributed by atoms with Crippen molar-refractivity contribution in [3.05, 3.63) is 48.2 Å². The first-order valence-electron chi connectivity index (χ1n) is 5.74. The summed E-state index contributed by atoms with van der Waals surface area (Å²) in [5.74, 6) is 0.579. The van der Waals surface area contributed by atoms with Gasteiger partial charge in [-0.2, -0.15) is 0 Å². The van der Waals surface area contributed by atoms with Crippen molar-refractivity contribution in [2.75, 3.05) is 7.11 Å². The van der Waals surface area contributed by atoms with E-state index in [4.69, 9.17) is 4.74 Å². The van der Waals surface area contributed by atoms with Gasteiger partial charge in [0.15, 0.2) is 5.65 Å². The Balaban J connectivity index is 2.10. The van der Waals surface area contributed by atoms with Crippen LogP contribution in [0.15, 0.2) is 42.6 Å². The fourth-order valence-corrected chi connectivity index (χ4v) is 1.84. The third-order valence-electron chi connectivity index (χ3n) is 2.85. The molecule has 0 atom stereocenters. The van der Waals surface area contributed by atoms with Crippen molar-refractivity contribution in [1.29, 1.82) is 0 Å². The molecule has 0 saturated heterocycles. The van der Waals surface area contributed by atoms with E-state index < -0.39 is 0 Å². The molecule has 0 N–H and O–H groups in total. The average molecular weight is 239 g/mol. The maximum atomic E-state index is 5.09.